The molecule has 20 heavy (non-hydrogen) atoms. The van der Waals surface area contributed by atoms with Gasteiger partial charge >= 0.3 is 0 Å². The minimum atomic E-state index is -0.00420. The van der Waals surface area contributed by atoms with E-state index >= 15 is 0 Å². The SMILES string of the molecule is CCOc1ccc(NC(=O)CN2CC(C)C(N)C2)cc1. The molecular formula is C15H23N3O2. The molecule has 1 aromatic carbocycles. The fourth-order valence-corrected chi connectivity index (χ4v) is 2.43. The van der Waals surface area contributed by atoms with Crippen molar-refractivity contribution >= 4 is 11.6 Å². The molecule has 0 spiro atoms. The number of ether oxygens (including phenoxy) is 1. The van der Waals surface area contributed by atoms with E-state index in [4.69, 9.17) is 10.5 Å². The molecular weight excluding hydrogens is 254 g/mol. The number of rotatable bonds is 5. The topological polar surface area (TPSA) is 67.6 Å². The van der Waals surface area contributed by atoms with Gasteiger partial charge in [-0.3, -0.25) is 9.69 Å². The molecule has 1 saturated heterocycles. The van der Waals surface area contributed by atoms with Crippen LogP contribution in [-0.4, -0.2) is 43.1 Å². The van der Waals surface area contributed by atoms with Crippen LogP contribution in [0.5, 0.6) is 5.75 Å². The molecule has 2 atom stereocenters. The first-order chi connectivity index (χ1) is 9.58. The summed E-state index contributed by atoms with van der Waals surface area (Å²) in [4.78, 5) is 14.1. The summed E-state index contributed by atoms with van der Waals surface area (Å²) in [5, 5.41) is 2.89. The molecule has 1 fully saturated rings. The van der Waals surface area contributed by atoms with E-state index in [0.717, 1.165) is 24.5 Å². The van der Waals surface area contributed by atoms with Gasteiger partial charge in [-0.1, -0.05) is 6.92 Å². The summed E-state index contributed by atoms with van der Waals surface area (Å²) in [7, 11) is 0. The minimum absolute atomic E-state index is 0.00420. The number of amides is 1. The number of carbonyl (C=O) groups excluding carboxylic acids is 1. The quantitative estimate of drug-likeness (QED) is 0.851. The van der Waals surface area contributed by atoms with Crippen molar-refractivity contribution in [3.8, 4) is 5.75 Å². The number of anilines is 1. The van der Waals surface area contributed by atoms with E-state index in [0.29, 0.717) is 19.1 Å². The molecule has 1 aliphatic heterocycles. The molecule has 0 bridgehead atoms. The lowest BCUT2D eigenvalue weighted by Gasteiger charge is -2.15. The molecule has 0 aliphatic carbocycles. The Hall–Kier alpha value is -1.59. The van der Waals surface area contributed by atoms with Crippen LogP contribution in [0.25, 0.3) is 0 Å². The van der Waals surface area contributed by atoms with E-state index in [1.165, 1.54) is 0 Å². The van der Waals surface area contributed by atoms with Crippen molar-refractivity contribution in [2.75, 3.05) is 31.6 Å². The minimum Gasteiger partial charge on any atom is -0.494 e. The van der Waals surface area contributed by atoms with E-state index in [2.05, 4.69) is 17.1 Å². The molecule has 5 nitrogen and oxygen atoms in total. The molecule has 1 heterocycles. The fourth-order valence-electron chi connectivity index (χ4n) is 2.43. The van der Waals surface area contributed by atoms with E-state index in [-0.39, 0.29) is 11.9 Å². The van der Waals surface area contributed by atoms with Crippen LogP contribution in [0.3, 0.4) is 0 Å². The van der Waals surface area contributed by atoms with Gasteiger partial charge in [0.1, 0.15) is 5.75 Å². The standard InChI is InChI=1S/C15H23N3O2/c1-3-20-13-6-4-12(5-7-13)17-15(19)10-18-8-11(2)14(16)9-18/h4-7,11,14H,3,8-10,16H2,1-2H3,(H,17,19). The zero-order valence-corrected chi connectivity index (χ0v) is 12.1. The predicted octanol–water partition coefficient (Wildman–Crippen LogP) is 1.30. The summed E-state index contributed by atoms with van der Waals surface area (Å²) in [6.45, 7) is 6.77. The fraction of sp³-hybridized carbons (Fsp3) is 0.533. The zero-order chi connectivity index (χ0) is 14.5. The second-order valence-corrected chi connectivity index (χ2v) is 5.34. The number of hydrogen-bond acceptors (Lipinski definition) is 4. The number of hydrogen-bond donors (Lipinski definition) is 2. The second-order valence-electron chi connectivity index (χ2n) is 5.34. The summed E-state index contributed by atoms with van der Waals surface area (Å²) in [5.41, 5.74) is 6.74. The molecule has 1 aliphatic rings. The second kappa shape index (κ2) is 6.72. The van der Waals surface area contributed by atoms with Crippen molar-refractivity contribution in [1.29, 1.82) is 0 Å². The van der Waals surface area contributed by atoms with E-state index in [9.17, 15) is 4.79 Å². The van der Waals surface area contributed by atoms with Gasteiger partial charge in [-0.2, -0.15) is 0 Å². The Kier molecular flexibility index (Phi) is 4.98. The zero-order valence-electron chi connectivity index (χ0n) is 12.1. The van der Waals surface area contributed by atoms with E-state index in [1.54, 1.807) is 0 Å². The number of nitrogens with two attached hydrogens (primary N) is 1. The maximum Gasteiger partial charge on any atom is 0.238 e. The molecule has 0 saturated carbocycles. The largest absolute Gasteiger partial charge is 0.494 e. The van der Waals surface area contributed by atoms with Crippen LogP contribution in [0.15, 0.2) is 24.3 Å². The Balaban J connectivity index is 1.82. The Morgan fingerprint density at radius 1 is 1.40 bits per heavy atom. The Morgan fingerprint density at radius 2 is 2.10 bits per heavy atom. The highest BCUT2D eigenvalue weighted by molar-refractivity contribution is 5.92. The number of benzene rings is 1. The van der Waals surface area contributed by atoms with Gasteiger partial charge in [-0.05, 0) is 37.1 Å². The van der Waals surface area contributed by atoms with Gasteiger partial charge in [0, 0.05) is 24.8 Å². The van der Waals surface area contributed by atoms with E-state index < -0.39 is 0 Å². The highest BCUT2D eigenvalue weighted by Crippen LogP contribution is 2.17. The lowest BCUT2D eigenvalue weighted by atomic mass is 10.1. The molecule has 2 unspecified atom stereocenters. The number of nitrogens with zero attached hydrogens (tertiary/aromatic N) is 1. The van der Waals surface area contributed by atoms with Gasteiger partial charge < -0.3 is 15.8 Å². The Morgan fingerprint density at radius 3 is 2.65 bits per heavy atom. The molecule has 2 rings (SSSR count). The summed E-state index contributed by atoms with van der Waals surface area (Å²) in [5.74, 6) is 1.26. The smallest absolute Gasteiger partial charge is 0.238 e. The van der Waals surface area contributed by atoms with Crippen LogP contribution >= 0.6 is 0 Å². The molecule has 3 N–H and O–H groups in total. The van der Waals surface area contributed by atoms with Crippen LogP contribution in [0.1, 0.15) is 13.8 Å². The summed E-state index contributed by atoms with van der Waals surface area (Å²) in [6, 6.07) is 7.58. The maximum absolute atomic E-state index is 12.0. The van der Waals surface area contributed by atoms with E-state index in [1.807, 2.05) is 31.2 Å². The highest BCUT2D eigenvalue weighted by Gasteiger charge is 2.27. The third-order valence-corrected chi connectivity index (χ3v) is 3.56. The van der Waals surface area contributed by atoms with Gasteiger partial charge in [0.15, 0.2) is 0 Å². The predicted molar refractivity (Wildman–Crippen MR) is 79.8 cm³/mol. The normalized spacial score (nSPS) is 22.8. The van der Waals surface area contributed by atoms with Crippen LogP contribution in [0, 0.1) is 5.92 Å². The molecule has 0 aromatic heterocycles. The van der Waals surface area contributed by atoms with Gasteiger partial charge in [0.05, 0.1) is 13.2 Å². The maximum atomic E-state index is 12.0. The van der Waals surface area contributed by atoms with Crippen molar-refractivity contribution in [3.63, 3.8) is 0 Å². The summed E-state index contributed by atoms with van der Waals surface area (Å²) >= 11 is 0. The summed E-state index contributed by atoms with van der Waals surface area (Å²) in [6.07, 6.45) is 0. The molecule has 1 amide bonds. The monoisotopic (exact) mass is 277 g/mol. The van der Waals surface area contributed by atoms with Crippen LogP contribution in [0.2, 0.25) is 0 Å². The third kappa shape index (κ3) is 3.95. The molecule has 0 radical (unpaired) electrons. The molecule has 1 aromatic rings. The van der Waals surface area contributed by atoms with Crippen molar-refractivity contribution in [2.24, 2.45) is 11.7 Å². The Labute approximate surface area is 120 Å². The highest BCUT2D eigenvalue weighted by atomic mass is 16.5. The number of nitrogens with one attached hydrogen (secondary N) is 1. The van der Waals surface area contributed by atoms with Crippen molar-refractivity contribution < 1.29 is 9.53 Å². The van der Waals surface area contributed by atoms with Crippen molar-refractivity contribution in [1.82, 2.24) is 4.90 Å². The average molecular weight is 277 g/mol. The Bertz CT molecular complexity index is 437. The lowest BCUT2D eigenvalue weighted by Crippen LogP contribution is -2.33. The van der Waals surface area contributed by atoms with Crippen molar-refractivity contribution in [2.45, 2.75) is 19.9 Å². The van der Waals surface area contributed by atoms with Crippen molar-refractivity contribution in [3.05, 3.63) is 24.3 Å². The number of likely N-dealkylation sites (tertiary alicyclic amines) is 1. The van der Waals surface area contributed by atoms with Gasteiger partial charge in [-0.25, -0.2) is 0 Å². The van der Waals surface area contributed by atoms with Gasteiger partial charge in [0.25, 0.3) is 0 Å². The van der Waals surface area contributed by atoms with Crippen LogP contribution < -0.4 is 15.8 Å². The van der Waals surface area contributed by atoms with Gasteiger partial charge in [-0.15, -0.1) is 0 Å². The summed E-state index contributed by atoms with van der Waals surface area (Å²) < 4.78 is 5.36. The first kappa shape index (κ1) is 14.8. The average Bonchev–Trinajstić information content (AvgIpc) is 2.71. The number of carbonyl (C=O) groups is 1. The van der Waals surface area contributed by atoms with Crippen LogP contribution in [0.4, 0.5) is 5.69 Å². The van der Waals surface area contributed by atoms with Crippen LogP contribution in [-0.2, 0) is 4.79 Å². The van der Waals surface area contributed by atoms with Gasteiger partial charge in [0.2, 0.25) is 5.91 Å². The first-order valence-corrected chi connectivity index (χ1v) is 7.09. The molecule has 110 valence electrons. The lowest BCUT2D eigenvalue weighted by molar-refractivity contribution is -0.117. The third-order valence-electron chi connectivity index (χ3n) is 3.56. The molecule has 5 heteroatoms. The first-order valence-electron chi connectivity index (χ1n) is 7.09.